The van der Waals surface area contributed by atoms with E-state index in [1.165, 1.54) is 12.1 Å². The number of likely N-dealkylation sites (tertiary alicyclic amines) is 1. The number of amides is 1. The van der Waals surface area contributed by atoms with Crippen LogP contribution in [0.1, 0.15) is 41.9 Å². The third-order valence-corrected chi connectivity index (χ3v) is 9.25. The summed E-state index contributed by atoms with van der Waals surface area (Å²) >= 11 is 1.61. The first-order valence-electron chi connectivity index (χ1n) is 12.9. The molecule has 194 valence electrons. The van der Waals surface area contributed by atoms with Crippen molar-refractivity contribution < 1.29 is 9.18 Å². The maximum atomic E-state index is 15.3. The van der Waals surface area contributed by atoms with Gasteiger partial charge in [-0.1, -0.05) is 24.8 Å². The summed E-state index contributed by atoms with van der Waals surface area (Å²) in [5.41, 5.74) is 6.19. The van der Waals surface area contributed by atoms with E-state index in [1.807, 2.05) is 23.4 Å². The Morgan fingerprint density at radius 3 is 2.76 bits per heavy atom. The normalized spacial score (nSPS) is 19.7. The number of pyridine rings is 1. The minimum Gasteiger partial charge on any atom is -0.355 e. The van der Waals surface area contributed by atoms with E-state index in [4.69, 9.17) is 4.98 Å². The molecule has 1 spiro atoms. The van der Waals surface area contributed by atoms with Crippen molar-refractivity contribution in [3.63, 3.8) is 0 Å². The molecule has 0 saturated carbocycles. The molecule has 2 fully saturated rings. The number of fused-ring (bicyclic) bond motifs is 1. The zero-order valence-electron chi connectivity index (χ0n) is 21.6. The highest BCUT2D eigenvalue weighted by Crippen LogP contribution is 2.46. The Bertz CT molecular complexity index is 1490. The summed E-state index contributed by atoms with van der Waals surface area (Å²) in [6.45, 7) is 11.3. The van der Waals surface area contributed by atoms with Gasteiger partial charge in [-0.3, -0.25) is 4.79 Å². The Labute approximate surface area is 225 Å². The number of benzene rings is 1. The van der Waals surface area contributed by atoms with Crippen LogP contribution in [0, 0.1) is 29.5 Å². The monoisotopic (exact) mass is 528 g/mol. The Hall–Kier alpha value is -3.77. The van der Waals surface area contributed by atoms with Gasteiger partial charge in [0.15, 0.2) is 0 Å². The number of halogens is 1. The average Bonchev–Trinajstić information content (AvgIpc) is 3.54. The van der Waals surface area contributed by atoms with Crippen LogP contribution < -0.4 is 9.80 Å². The standard InChI is InChI=1S/C29H29FN6OS/c1-4-24(37)35-15-29(16-35)10-12-34(14-29)27-22(13-31)25(20-7-5-6-8-23(20)30)21-9-11-36(19(3)26(21)33-27)28-18(2)32-17-38-28/h4-8,17,19H,1,9-12,14-16H2,2-3H3/t19-/m1/s1. The molecule has 6 rings (SSSR count). The minimum absolute atomic E-state index is 0.0153. The van der Waals surface area contributed by atoms with Crippen molar-refractivity contribution >= 4 is 28.1 Å². The Morgan fingerprint density at radius 1 is 1.29 bits per heavy atom. The fourth-order valence-electron chi connectivity index (χ4n) is 6.37. The van der Waals surface area contributed by atoms with E-state index in [0.717, 1.165) is 41.5 Å². The highest BCUT2D eigenvalue weighted by molar-refractivity contribution is 7.14. The number of aromatic nitrogens is 2. The molecule has 1 amide bonds. The van der Waals surface area contributed by atoms with Gasteiger partial charge in [0.25, 0.3) is 0 Å². The first-order valence-corrected chi connectivity index (χ1v) is 13.8. The van der Waals surface area contributed by atoms with Gasteiger partial charge in [0.2, 0.25) is 5.91 Å². The maximum Gasteiger partial charge on any atom is 0.245 e. The summed E-state index contributed by atoms with van der Waals surface area (Å²) in [5.74, 6) is 0.226. The van der Waals surface area contributed by atoms with Crippen LogP contribution in [0.3, 0.4) is 0 Å². The molecule has 0 unspecified atom stereocenters. The van der Waals surface area contributed by atoms with Crippen LogP contribution in [0.2, 0.25) is 0 Å². The number of carbonyl (C=O) groups is 1. The number of rotatable bonds is 4. The van der Waals surface area contributed by atoms with Gasteiger partial charge in [0.05, 0.1) is 22.9 Å². The Morgan fingerprint density at radius 2 is 2.08 bits per heavy atom. The Balaban J connectivity index is 1.46. The number of anilines is 2. The molecule has 1 aromatic carbocycles. The summed E-state index contributed by atoms with van der Waals surface area (Å²) in [5, 5.41) is 11.6. The Kier molecular flexibility index (Phi) is 5.95. The molecule has 3 aliphatic heterocycles. The van der Waals surface area contributed by atoms with Crippen LogP contribution in [0.15, 0.2) is 42.4 Å². The number of nitriles is 1. The number of thiazole rings is 1. The topological polar surface area (TPSA) is 76.4 Å². The van der Waals surface area contributed by atoms with Crippen molar-refractivity contribution in [2.75, 3.05) is 42.5 Å². The molecule has 0 radical (unpaired) electrons. The van der Waals surface area contributed by atoms with Crippen LogP contribution in [0.5, 0.6) is 0 Å². The largest absolute Gasteiger partial charge is 0.355 e. The fourth-order valence-corrected chi connectivity index (χ4v) is 7.29. The van der Waals surface area contributed by atoms with Gasteiger partial charge >= 0.3 is 0 Å². The molecule has 0 N–H and O–H groups in total. The van der Waals surface area contributed by atoms with E-state index in [1.54, 1.807) is 23.5 Å². The van der Waals surface area contributed by atoms with E-state index in [2.05, 4.69) is 34.4 Å². The average molecular weight is 529 g/mol. The molecule has 0 bridgehead atoms. The lowest BCUT2D eigenvalue weighted by molar-refractivity contribution is -0.136. The van der Waals surface area contributed by atoms with Crippen molar-refractivity contribution in [2.45, 2.75) is 32.7 Å². The van der Waals surface area contributed by atoms with Crippen LogP contribution in [-0.2, 0) is 11.2 Å². The highest BCUT2D eigenvalue weighted by Gasteiger charge is 2.49. The number of hydrogen-bond acceptors (Lipinski definition) is 7. The molecule has 9 heteroatoms. The van der Waals surface area contributed by atoms with Crippen molar-refractivity contribution in [1.29, 1.82) is 5.26 Å². The second-order valence-corrected chi connectivity index (χ2v) is 11.4. The summed E-state index contributed by atoms with van der Waals surface area (Å²) < 4.78 is 15.3. The lowest BCUT2D eigenvalue weighted by Gasteiger charge is -2.47. The lowest BCUT2D eigenvalue weighted by atomic mass is 9.79. The fraction of sp³-hybridized carbons (Fsp3) is 0.379. The summed E-state index contributed by atoms with van der Waals surface area (Å²) in [4.78, 5) is 28.0. The zero-order chi connectivity index (χ0) is 26.6. The SMILES string of the molecule is C=CC(=O)N1CC2(CCN(c3nc4c(c(-c5ccccc5F)c3C#N)CCN(c3scnc3C)[C@@H]4C)C2)C1. The van der Waals surface area contributed by atoms with E-state index < -0.39 is 0 Å². The third-order valence-electron chi connectivity index (χ3n) is 8.29. The minimum atomic E-state index is -0.341. The van der Waals surface area contributed by atoms with Crippen molar-refractivity contribution in [3.05, 3.63) is 70.8 Å². The predicted molar refractivity (Wildman–Crippen MR) is 147 cm³/mol. The van der Waals surface area contributed by atoms with Gasteiger partial charge in [0.1, 0.15) is 28.3 Å². The highest BCUT2D eigenvalue weighted by atomic mass is 32.1. The van der Waals surface area contributed by atoms with E-state index in [9.17, 15) is 10.1 Å². The van der Waals surface area contributed by atoms with Crippen LogP contribution >= 0.6 is 11.3 Å². The molecular weight excluding hydrogens is 499 g/mol. The van der Waals surface area contributed by atoms with Crippen LogP contribution in [0.25, 0.3) is 11.1 Å². The van der Waals surface area contributed by atoms with Crippen molar-refractivity contribution in [1.82, 2.24) is 14.9 Å². The lowest BCUT2D eigenvalue weighted by Crippen LogP contribution is -2.59. The smallest absolute Gasteiger partial charge is 0.245 e. The predicted octanol–water partition coefficient (Wildman–Crippen LogP) is 4.87. The molecule has 7 nitrogen and oxygen atoms in total. The first-order chi connectivity index (χ1) is 18.4. The molecule has 2 aromatic heterocycles. The second kappa shape index (κ2) is 9.21. The molecule has 5 heterocycles. The molecule has 3 aliphatic rings. The summed E-state index contributed by atoms with van der Waals surface area (Å²) in [6.07, 6.45) is 2.93. The van der Waals surface area contributed by atoms with Crippen molar-refractivity contribution in [3.8, 4) is 17.2 Å². The molecule has 2 saturated heterocycles. The molecule has 38 heavy (non-hydrogen) atoms. The van der Waals surface area contributed by atoms with Crippen LogP contribution in [0.4, 0.5) is 15.2 Å². The van der Waals surface area contributed by atoms with E-state index in [0.29, 0.717) is 48.6 Å². The number of hydrogen-bond donors (Lipinski definition) is 0. The van der Waals surface area contributed by atoms with Gasteiger partial charge in [-0.2, -0.15) is 5.26 Å². The quantitative estimate of drug-likeness (QED) is 0.450. The maximum absolute atomic E-state index is 15.3. The van der Waals surface area contributed by atoms with Gasteiger partial charge in [-0.15, -0.1) is 11.3 Å². The van der Waals surface area contributed by atoms with E-state index >= 15 is 4.39 Å². The molecule has 0 aliphatic carbocycles. The number of nitrogens with zero attached hydrogens (tertiary/aromatic N) is 6. The van der Waals surface area contributed by atoms with Crippen molar-refractivity contribution in [2.24, 2.45) is 5.41 Å². The van der Waals surface area contributed by atoms with Gasteiger partial charge in [-0.05, 0) is 44.4 Å². The number of carbonyl (C=O) groups excluding carboxylic acids is 1. The second-order valence-electron chi connectivity index (χ2n) is 10.6. The van der Waals surface area contributed by atoms with E-state index in [-0.39, 0.29) is 23.2 Å². The van der Waals surface area contributed by atoms with Gasteiger partial charge in [-0.25, -0.2) is 14.4 Å². The molecule has 1 atom stereocenters. The summed E-state index contributed by atoms with van der Waals surface area (Å²) in [7, 11) is 0. The third kappa shape index (κ3) is 3.78. The molecular formula is C29H29FN6OS. The summed E-state index contributed by atoms with van der Waals surface area (Å²) in [6, 6.07) is 9.05. The number of aryl methyl sites for hydroxylation is 1. The zero-order valence-corrected chi connectivity index (χ0v) is 22.4. The van der Waals surface area contributed by atoms with Gasteiger partial charge < -0.3 is 14.7 Å². The molecule has 3 aromatic rings. The van der Waals surface area contributed by atoms with Gasteiger partial charge in [0, 0.05) is 49.3 Å². The van der Waals surface area contributed by atoms with Crippen LogP contribution in [-0.4, -0.2) is 53.5 Å². The first kappa shape index (κ1) is 24.6.